The predicted octanol–water partition coefficient (Wildman–Crippen LogP) is 5.68. The fraction of sp³-hybridized carbons (Fsp3) is 0.500. The third-order valence-electron chi connectivity index (χ3n) is 4.61. The van der Waals surface area contributed by atoms with E-state index in [1.165, 1.54) is 35.3 Å². The lowest BCUT2D eigenvalue weighted by Crippen LogP contribution is -2.18. The van der Waals surface area contributed by atoms with Crippen molar-refractivity contribution in [3.05, 3.63) is 45.2 Å². The maximum Gasteiger partial charge on any atom is 0.306 e. The fourth-order valence-electron chi connectivity index (χ4n) is 3.29. The Morgan fingerprint density at radius 2 is 2.20 bits per heavy atom. The minimum atomic E-state index is -0.134. The number of rotatable bonds is 5. The standard InChI is InChI=1S/C22H28O2S/c1-5-24-21(23)15-14-19-13-12-18(25-19)10-6-7-11-20-17(2)9-8-16-22(20,3)4/h7,11-13H,5,8-9,14-16H2,1-4H3/b11-7+. The molecule has 0 saturated heterocycles. The first kappa shape index (κ1) is 19.5. The second kappa shape index (κ2) is 9.06. The summed E-state index contributed by atoms with van der Waals surface area (Å²) in [7, 11) is 0. The zero-order valence-corrected chi connectivity index (χ0v) is 16.6. The van der Waals surface area contributed by atoms with Crippen LogP contribution in [-0.4, -0.2) is 12.6 Å². The van der Waals surface area contributed by atoms with Crippen molar-refractivity contribution in [1.82, 2.24) is 0 Å². The number of aryl methyl sites for hydroxylation is 1. The van der Waals surface area contributed by atoms with Gasteiger partial charge in [0.05, 0.1) is 17.9 Å². The van der Waals surface area contributed by atoms with E-state index < -0.39 is 0 Å². The van der Waals surface area contributed by atoms with Crippen molar-refractivity contribution in [1.29, 1.82) is 0 Å². The molecule has 0 spiro atoms. The van der Waals surface area contributed by atoms with E-state index in [2.05, 4.69) is 44.8 Å². The molecular weight excluding hydrogens is 328 g/mol. The average molecular weight is 357 g/mol. The first-order valence-corrected chi connectivity index (χ1v) is 9.86. The molecule has 0 N–H and O–H groups in total. The summed E-state index contributed by atoms with van der Waals surface area (Å²) in [6, 6.07) is 4.08. The molecule has 0 unspecified atom stereocenters. The summed E-state index contributed by atoms with van der Waals surface area (Å²) in [4.78, 5) is 13.6. The number of thiophene rings is 1. The van der Waals surface area contributed by atoms with Gasteiger partial charge in [-0.1, -0.05) is 37.3 Å². The van der Waals surface area contributed by atoms with Gasteiger partial charge in [0, 0.05) is 4.88 Å². The quantitative estimate of drug-likeness (QED) is 0.501. The van der Waals surface area contributed by atoms with Gasteiger partial charge in [-0.15, -0.1) is 11.3 Å². The number of carbonyl (C=O) groups excluding carboxylic acids is 1. The van der Waals surface area contributed by atoms with E-state index in [0.29, 0.717) is 13.0 Å². The first-order valence-electron chi connectivity index (χ1n) is 9.05. The molecule has 2 rings (SSSR count). The number of carbonyl (C=O) groups is 1. The Bertz CT molecular complexity index is 723. The van der Waals surface area contributed by atoms with Crippen LogP contribution in [0.15, 0.2) is 35.4 Å². The van der Waals surface area contributed by atoms with E-state index in [9.17, 15) is 4.79 Å². The summed E-state index contributed by atoms with van der Waals surface area (Å²) in [5.41, 5.74) is 3.19. The van der Waals surface area contributed by atoms with Crippen LogP contribution < -0.4 is 0 Å². The fourth-order valence-corrected chi connectivity index (χ4v) is 4.15. The summed E-state index contributed by atoms with van der Waals surface area (Å²) >= 11 is 1.65. The Balaban J connectivity index is 1.95. The highest BCUT2D eigenvalue weighted by Gasteiger charge is 2.26. The third kappa shape index (κ3) is 5.90. The van der Waals surface area contributed by atoms with E-state index in [1.54, 1.807) is 11.3 Å². The SMILES string of the molecule is CCOC(=O)CCc1ccc(C#C/C=C/C2=C(C)CCCC2(C)C)s1. The lowest BCUT2D eigenvalue weighted by molar-refractivity contribution is -0.143. The molecule has 0 fully saturated rings. The molecule has 0 radical (unpaired) electrons. The van der Waals surface area contributed by atoms with E-state index in [0.717, 1.165) is 11.3 Å². The van der Waals surface area contributed by atoms with Crippen LogP contribution in [0.4, 0.5) is 0 Å². The van der Waals surface area contributed by atoms with Crippen LogP contribution in [0.3, 0.4) is 0 Å². The lowest BCUT2D eigenvalue weighted by atomic mass is 9.73. The molecule has 25 heavy (non-hydrogen) atoms. The molecule has 0 aromatic carbocycles. The smallest absolute Gasteiger partial charge is 0.306 e. The number of esters is 1. The Morgan fingerprint density at radius 1 is 1.40 bits per heavy atom. The third-order valence-corrected chi connectivity index (χ3v) is 5.67. The molecule has 1 aliphatic rings. The lowest BCUT2D eigenvalue weighted by Gasteiger charge is -2.32. The molecule has 0 amide bonds. The second-order valence-corrected chi connectivity index (χ2v) is 8.27. The summed E-state index contributed by atoms with van der Waals surface area (Å²) in [6.45, 7) is 9.15. The van der Waals surface area contributed by atoms with Crippen LogP contribution in [-0.2, 0) is 16.0 Å². The van der Waals surface area contributed by atoms with Gasteiger partial charge >= 0.3 is 5.97 Å². The molecule has 1 aliphatic carbocycles. The zero-order chi connectivity index (χ0) is 18.3. The number of ether oxygens (including phenoxy) is 1. The molecule has 0 saturated carbocycles. The van der Waals surface area contributed by atoms with Crippen LogP contribution in [0.2, 0.25) is 0 Å². The van der Waals surface area contributed by atoms with Crippen LogP contribution in [0, 0.1) is 17.3 Å². The van der Waals surface area contributed by atoms with Gasteiger partial charge in [0.25, 0.3) is 0 Å². The summed E-state index contributed by atoms with van der Waals surface area (Å²) in [5.74, 6) is 6.23. The Kier molecular flexibility index (Phi) is 7.08. The average Bonchev–Trinajstić information content (AvgIpc) is 2.99. The topological polar surface area (TPSA) is 26.3 Å². The van der Waals surface area contributed by atoms with Crippen molar-refractivity contribution < 1.29 is 9.53 Å². The molecule has 0 atom stereocenters. The van der Waals surface area contributed by atoms with Crippen LogP contribution in [0.1, 0.15) is 63.1 Å². The molecule has 2 nitrogen and oxygen atoms in total. The maximum atomic E-state index is 11.4. The normalized spacial score (nSPS) is 16.6. The zero-order valence-electron chi connectivity index (χ0n) is 15.8. The molecule has 1 aromatic rings. The Morgan fingerprint density at radius 3 is 2.92 bits per heavy atom. The molecule has 134 valence electrons. The van der Waals surface area contributed by atoms with E-state index in [4.69, 9.17) is 4.74 Å². The summed E-state index contributed by atoms with van der Waals surface area (Å²) < 4.78 is 4.96. The Labute approximate surface area is 156 Å². The van der Waals surface area contributed by atoms with Crippen LogP contribution in [0.25, 0.3) is 0 Å². The first-order chi connectivity index (χ1) is 11.9. The highest BCUT2D eigenvalue weighted by Crippen LogP contribution is 2.40. The van der Waals surface area contributed by atoms with E-state index >= 15 is 0 Å². The number of hydrogen-bond donors (Lipinski definition) is 0. The highest BCUT2D eigenvalue weighted by atomic mass is 32.1. The van der Waals surface area contributed by atoms with Gasteiger partial charge in [0.15, 0.2) is 0 Å². The van der Waals surface area contributed by atoms with Crippen molar-refractivity contribution in [2.24, 2.45) is 5.41 Å². The summed E-state index contributed by atoms with van der Waals surface area (Å²) in [6.07, 6.45) is 9.05. The second-order valence-electron chi connectivity index (χ2n) is 7.11. The molecule has 1 aromatic heterocycles. The minimum absolute atomic E-state index is 0.134. The monoisotopic (exact) mass is 356 g/mol. The molecular formula is C22H28O2S. The number of allylic oxidation sites excluding steroid dienone is 4. The molecule has 3 heteroatoms. The van der Waals surface area contributed by atoms with E-state index in [1.807, 2.05) is 19.1 Å². The van der Waals surface area contributed by atoms with Crippen molar-refractivity contribution in [2.75, 3.05) is 6.61 Å². The highest BCUT2D eigenvalue weighted by molar-refractivity contribution is 7.12. The van der Waals surface area contributed by atoms with Crippen molar-refractivity contribution in [3.63, 3.8) is 0 Å². The maximum absolute atomic E-state index is 11.4. The van der Waals surface area contributed by atoms with Gasteiger partial charge in [-0.25, -0.2) is 0 Å². The largest absolute Gasteiger partial charge is 0.466 e. The van der Waals surface area contributed by atoms with Gasteiger partial charge in [0.2, 0.25) is 0 Å². The van der Waals surface area contributed by atoms with Crippen molar-refractivity contribution in [3.8, 4) is 11.8 Å². The summed E-state index contributed by atoms with van der Waals surface area (Å²) in [5, 5.41) is 0. The Hall–Kier alpha value is -1.79. The van der Waals surface area contributed by atoms with Crippen LogP contribution >= 0.6 is 11.3 Å². The number of hydrogen-bond acceptors (Lipinski definition) is 3. The molecule has 0 bridgehead atoms. The van der Waals surface area contributed by atoms with Gasteiger partial charge in [-0.3, -0.25) is 4.79 Å². The van der Waals surface area contributed by atoms with Gasteiger partial charge in [0.1, 0.15) is 0 Å². The predicted molar refractivity (Wildman–Crippen MR) is 106 cm³/mol. The van der Waals surface area contributed by atoms with Crippen molar-refractivity contribution >= 4 is 17.3 Å². The van der Waals surface area contributed by atoms with Crippen molar-refractivity contribution in [2.45, 2.75) is 59.8 Å². The van der Waals surface area contributed by atoms with Gasteiger partial charge in [-0.2, -0.15) is 0 Å². The van der Waals surface area contributed by atoms with Crippen LogP contribution in [0.5, 0.6) is 0 Å². The molecule has 0 aliphatic heterocycles. The van der Waals surface area contributed by atoms with Gasteiger partial charge in [-0.05, 0) is 68.7 Å². The van der Waals surface area contributed by atoms with Gasteiger partial charge < -0.3 is 4.74 Å². The molecule has 1 heterocycles. The van der Waals surface area contributed by atoms with E-state index in [-0.39, 0.29) is 11.4 Å². The minimum Gasteiger partial charge on any atom is -0.466 e.